The van der Waals surface area contributed by atoms with Crippen molar-refractivity contribution < 1.29 is 23.0 Å². The van der Waals surface area contributed by atoms with E-state index in [1.54, 1.807) is 18.2 Å². The van der Waals surface area contributed by atoms with Crippen LogP contribution in [0.1, 0.15) is 25.0 Å². The molecule has 10 heteroatoms. The molecule has 1 heterocycles. The Labute approximate surface area is 202 Å². The van der Waals surface area contributed by atoms with Crippen LogP contribution in [0.25, 0.3) is 0 Å². The number of hydrogen-bond acceptors (Lipinski definition) is 4. The van der Waals surface area contributed by atoms with Gasteiger partial charge in [0.2, 0.25) is 0 Å². The van der Waals surface area contributed by atoms with E-state index in [9.17, 15) is 18.3 Å². The number of ether oxygens (including phenoxy) is 1. The van der Waals surface area contributed by atoms with Crippen LogP contribution in [0.5, 0.6) is 5.75 Å². The fourth-order valence-corrected chi connectivity index (χ4v) is 3.49. The van der Waals surface area contributed by atoms with E-state index >= 15 is 0 Å². The molecule has 2 unspecified atom stereocenters. The van der Waals surface area contributed by atoms with Crippen molar-refractivity contribution in [3.8, 4) is 5.75 Å². The van der Waals surface area contributed by atoms with Gasteiger partial charge in [-0.15, -0.1) is 24.0 Å². The number of para-hydroxylation sites is 2. The molecule has 0 amide bonds. The van der Waals surface area contributed by atoms with Crippen LogP contribution in [-0.4, -0.2) is 49.9 Å². The van der Waals surface area contributed by atoms with Gasteiger partial charge in [0, 0.05) is 25.7 Å². The number of anilines is 1. The third-order valence-corrected chi connectivity index (χ3v) is 4.97. The lowest BCUT2D eigenvalue weighted by atomic mass is 10.1. The van der Waals surface area contributed by atoms with E-state index in [-0.39, 0.29) is 48.1 Å². The molecule has 0 spiro atoms. The first-order chi connectivity index (χ1) is 15.0. The van der Waals surface area contributed by atoms with Crippen LogP contribution < -0.4 is 20.3 Å². The molecule has 1 fully saturated rings. The third-order valence-electron chi connectivity index (χ3n) is 4.97. The van der Waals surface area contributed by atoms with Gasteiger partial charge in [-0.3, -0.25) is 4.99 Å². The molecule has 1 saturated heterocycles. The topological polar surface area (TPSA) is 69.1 Å². The fourth-order valence-electron chi connectivity index (χ4n) is 3.49. The van der Waals surface area contributed by atoms with Gasteiger partial charge in [-0.1, -0.05) is 24.3 Å². The summed E-state index contributed by atoms with van der Waals surface area (Å²) in [5.41, 5.74) is 1.21. The SMILES string of the molecule is CCNC(=NCC(O)c1ccc(F)cc1)NC1CCN(c2ccccc2OC(F)F)C1.I. The number of alkyl halides is 2. The van der Waals surface area contributed by atoms with Gasteiger partial charge in [0.15, 0.2) is 5.96 Å². The number of aliphatic hydroxyl groups excluding tert-OH is 1. The van der Waals surface area contributed by atoms with Crippen LogP contribution in [0.3, 0.4) is 0 Å². The average Bonchev–Trinajstić information content (AvgIpc) is 3.21. The second kappa shape index (κ2) is 12.7. The Morgan fingerprint density at radius 3 is 2.62 bits per heavy atom. The number of nitrogens with one attached hydrogen (secondary N) is 2. The molecule has 0 aromatic heterocycles. The van der Waals surface area contributed by atoms with Crippen molar-refractivity contribution in [3.05, 3.63) is 59.9 Å². The number of nitrogens with zero attached hydrogens (tertiary/aromatic N) is 2. The Morgan fingerprint density at radius 2 is 1.94 bits per heavy atom. The Morgan fingerprint density at radius 1 is 1.22 bits per heavy atom. The standard InChI is InChI=1S/C22H27F3N4O2.HI/c1-2-26-22(27-13-19(30)15-7-9-16(23)10-8-15)28-17-11-12-29(14-17)18-5-3-4-6-20(18)31-21(24)25;/h3-10,17,19,21,30H,2,11-14H2,1H3,(H2,26,27,28);1H. The Balaban J connectivity index is 0.00000363. The minimum Gasteiger partial charge on any atom is -0.433 e. The maximum Gasteiger partial charge on any atom is 0.387 e. The molecule has 0 radical (unpaired) electrons. The van der Waals surface area contributed by atoms with Crippen molar-refractivity contribution in [3.63, 3.8) is 0 Å². The van der Waals surface area contributed by atoms with Gasteiger partial charge in [-0.05, 0) is 43.2 Å². The second-order valence-corrected chi connectivity index (χ2v) is 7.21. The molecule has 1 aliphatic heterocycles. The van der Waals surface area contributed by atoms with Gasteiger partial charge in [0.1, 0.15) is 11.6 Å². The number of aliphatic hydroxyl groups is 1. The normalized spacial score (nSPS) is 17.1. The Bertz CT molecular complexity index is 871. The highest BCUT2D eigenvalue weighted by Crippen LogP contribution is 2.31. The molecule has 1 aliphatic rings. The zero-order valence-electron chi connectivity index (χ0n) is 17.7. The van der Waals surface area contributed by atoms with Gasteiger partial charge in [-0.2, -0.15) is 8.78 Å². The molecule has 3 rings (SSSR count). The molecule has 32 heavy (non-hydrogen) atoms. The number of rotatable bonds is 8. The number of aliphatic imine (C=N–C) groups is 1. The summed E-state index contributed by atoms with van der Waals surface area (Å²) in [6.07, 6.45) is -0.0667. The number of hydrogen-bond donors (Lipinski definition) is 3. The smallest absolute Gasteiger partial charge is 0.387 e. The summed E-state index contributed by atoms with van der Waals surface area (Å²) in [6, 6.07) is 12.5. The lowest BCUT2D eigenvalue weighted by Gasteiger charge is -2.22. The van der Waals surface area contributed by atoms with Crippen molar-refractivity contribution in [1.82, 2.24) is 10.6 Å². The largest absolute Gasteiger partial charge is 0.433 e. The minimum absolute atomic E-state index is 0. The molecular weight excluding hydrogens is 536 g/mol. The maximum absolute atomic E-state index is 13.1. The van der Waals surface area contributed by atoms with E-state index in [1.165, 1.54) is 30.3 Å². The van der Waals surface area contributed by atoms with Crippen molar-refractivity contribution in [1.29, 1.82) is 0 Å². The highest BCUT2D eigenvalue weighted by Gasteiger charge is 2.26. The average molecular weight is 564 g/mol. The van der Waals surface area contributed by atoms with Gasteiger partial charge in [-0.25, -0.2) is 4.39 Å². The zero-order valence-corrected chi connectivity index (χ0v) is 20.0. The Hall–Kier alpha value is -2.21. The van der Waals surface area contributed by atoms with Gasteiger partial charge >= 0.3 is 6.61 Å². The van der Waals surface area contributed by atoms with E-state index in [4.69, 9.17) is 0 Å². The van der Waals surface area contributed by atoms with E-state index in [0.717, 1.165) is 6.42 Å². The molecule has 2 atom stereocenters. The summed E-state index contributed by atoms with van der Waals surface area (Å²) in [6.45, 7) is 1.08. The summed E-state index contributed by atoms with van der Waals surface area (Å²) in [4.78, 5) is 6.43. The van der Waals surface area contributed by atoms with Crippen LogP contribution in [0.15, 0.2) is 53.5 Å². The molecule has 176 valence electrons. The van der Waals surface area contributed by atoms with Crippen LogP contribution in [0.4, 0.5) is 18.9 Å². The fraction of sp³-hybridized carbons (Fsp3) is 0.409. The van der Waals surface area contributed by atoms with Crippen molar-refractivity contribution in [2.45, 2.75) is 32.1 Å². The number of halogens is 4. The summed E-state index contributed by atoms with van der Waals surface area (Å²) in [7, 11) is 0. The summed E-state index contributed by atoms with van der Waals surface area (Å²) >= 11 is 0. The molecule has 0 bridgehead atoms. The quantitative estimate of drug-likeness (QED) is 0.258. The zero-order chi connectivity index (χ0) is 22.2. The lowest BCUT2D eigenvalue weighted by Crippen LogP contribution is -2.44. The molecular formula is C22H28F3IN4O2. The summed E-state index contributed by atoms with van der Waals surface area (Å²) in [5, 5.41) is 16.8. The monoisotopic (exact) mass is 564 g/mol. The summed E-state index contributed by atoms with van der Waals surface area (Å²) in [5.74, 6) is 0.342. The van der Waals surface area contributed by atoms with E-state index in [1.807, 2.05) is 11.8 Å². The van der Waals surface area contributed by atoms with Crippen LogP contribution in [0, 0.1) is 5.82 Å². The van der Waals surface area contributed by atoms with E-state index in [2.05, 4.69) is 20.4 Å². The predicted molar refractivity (Wildman–Crippen MR) is 130 cm³/mol. The van der Waals surface area contributed by atoms with Crippen molar-refractivity contribution >= 4 is 35.6 Å². The third kappa shape index (κ3) is 7.44. The number of benzene rings is 2. The molecule has 2 aromatic carbocycles. The molecule has 0 aliphatic carbocycles. The lowest BCUT2D eigenvalue weighted by molar-refractivity contribution is -0.0495. The molecule has 2 aromatic rings. The first-order valence-electron chi connectivity index (χ1n) is 10.2. The van der Waals surface area contributed by atoms with Gasteiger partial charge < -0.3 is 25.4 Å². The van der Waals surface area contributed by atoms with Crippen molar-refractivity contribution in [2.75, 3.05) is 31.1 Å². The molecule has 0 saturated carbocycles. The number of guanidine groups is 1. The Kier molecular flexibility index (Phi) is 10.4. The van der Waals surface area contributed by atoms with E-state index < -0.39 is 12.7 Å². The van der Waals surface area contributed by atoms with Gasteiger partial charge in [0.05, 0.1) is 18.3 Å². The highest BCUT2D eigenvalue weighted by molar-refractivity contribution is 14.0. The first-order valence-corrected chi connectivity index (χ1v) is 10.2. The van der Waals surface area contributed by atoms with Crippen LogP contribution >= 0.6 is 24.0 Å². The first kappa shape index (κ1) is 26.0. The molecule has 3 N–H and O–H groups in total. The van der Waals surface area contributed by atoms with E-state index in [0.29, 0.717) is 36.8 Å². The van der Waals surface area contributed by atoms with Crippen molar-refractivity contribution in [2.24, 2.45) is 4.99 Å². The second-order valence-electron chi connectivity index (χ2n) is 7.21. The summed E-state index contributed by atoms with van der Waals surface area (Å²) < 4.78 is 43.1. The van der Waals surface area contributed by atoms with Crippen LogP contribution in [0.2, 0.25) is 0 Å². The minimum atomic E-state index is -2.88. The maximum atomic E-state index is 13.1. The highest BCUT2D eigenvalue weighted by atomic mass is 127. The van der Waals surface area contributed by atoms with Gasteiger partial charge in [0.25, 0.3) is 0 Å². The molecule has 6 nitrogen and oxygen atoms in total. The van der Waals surface area contributed by atoms with Crippen LogP contribution in [-0.2, 0) is 0 Å². The predicted octanol–water partition coefficient (Wildman–Crippen LogP) is 3.91.